The van der Waals surface area contributed by atoms with E-state index in [9.17, 15) is 16.8 Å². The molecule has 0 bridgehead atoms. The Balaban J connectivity index is 1.58. The molecule has 0 N–H and O–H groups in total. The van der Waals surface area contributed by atoms with Gasteiger partial charge < -0.3 is 8.37 Å². The number of rotatable bonds is 8. The highest BCUT2D eigenvalue weighted by Gasteiger charge is 2.26. The molecule has 192 valence electrons. The summed E-state index contributed by atoms with van der Waals surface area (Å²) < 4.78 is 61.4. The molecule has 0 amide bonds. The van der Waals surface area contributed by atoms with Gasteiger partial charge in [0.1, 0.15) is 21.3 Å². The van der Waals surface area contributed by atoms with Crippen molar-refractivity contribution in [1.82, 2.24) is 0 Å². The van der Waals surface area contributed by atoms with Gasteiger partial charge in [0.05, 0.1) is 0 Å². The highest BCUT2D eigenvalue weighted by molar-refractivity contribution is 7.87. The summed E-state index contributed by atoms with van der Waals surface area (Å²) in [5.74, 6) is 0.518. The van der Waals surface area contributed by atoms with E-state index >= 15 is 0 Å². The lowest BCUT2D eigenvalue weighted by molar-refractivity contribution is 0.482. The molecule has 0 fully saturated rings. The summed E-state index contributed by atoms with van der Waals surface area (Å²) >= 11 is 0. The van der Waals surface area contributed by atoms with Crippen molar-refractivity contribution in [2.45, 2.75) is 42.9 Å². The fraction of sp³-hybridized carbons (Fsp3) is 0.172. The molecule has 6 nitrogen and oxygen atoms in total. The molecule has 0 aliphatic carbocycles. The number of hydrogen-bond acceptors (Lipinski definition) is 6. The van der Waals surface area contributed by atoms with E-state index in [1.165, 1.54) is 24.3 Å². The Labute approximate surface area is 218 Å². The van der Waals surface area contributed by atoms with E-state index in [2.05, 4.69) is 0 Å². The monoisotopic (exact) mass is 536 g/mol. The highest BCUT2D eigenvalue weighted by Crippen LogP contribution is 2.36. The van der Waals surface area contributed by atoms with Gasteiger partial charge in [0.2, 0.25) is 0 Å². The summed E-state index contributed by atoms with van der Waals surface area (Å²) in [6, 6.07) is 26.8. The summed E-state index contributed by atoms with van der Waals surface area (Å²) in [4.78, 5) is 0.178. The third kappa shape index (κ3) is 5.70. The molecule has 0 aromatic heterocycles. The average molecular weight is 537 g/mol. The zero-order valence-corrected chi connectivity index (χ0v) is 22.6. The Morgan fingerprint density at radius 3 is 1.22 bits per heavy atom. The first-order valence-electron chi connectivity index (χ1n) is 11.6. The largest absolute Gasteiger partial charge is 0.379 e. The Morgan fingerprint density at radius 1 is 0.541 bits per heavy atom. The molecule has 0 unspecified atom stereocenters. The van der Waals surface area contributed by atoms with Gasteiger partial charge in [0.25, 0.3) is 0 Å². The molecule has 0 heterocycles. The van der Waals surface area contributed by atoms with Crippen LogP contribution in [0.3, 0.4) is 0 Å². The lowest BCUT2D eigenvalue weighted by atomic mass is 9.77. The maximum absolute atomic E-state index is 12.6. The molecule has 4 rings (SSSR count). The van der Waals surface area contributed by atoms with Crippen molar-refractivity contribution < 1.29 is 25.2 Å². The topological polar surface area (TPSA) is 86.7 Å². The third-order valence-electron chi connectivity index (χ3n) is 6.26. The number of hydrogen-bond donors (Lipinski definition) is 0. The van der Waals surface area contributed by atoms with Crippen LogP contribution in [-0.2, 0) is 25.7 Å². The zero-order chi connectivity index (χ0) is 26.8. The summed E-state index contributed by atoms with van der Waals surface area (Å²) in [5, 5.41) is 0. The molecule has 37 heavy (non-hydrogen) atoms. The zero-order valence-electron chi connectivity index (χ0n) is 21.0. The van der Waals surface area contributed by atoms with Crippen molar-refractivity contribution in [3.63, 3.8) is 0 Å². The minimum Gasteiger partial charge on any atom is -0.379 e. The van der Waals surface area contributed by atoms with Crippen molar-refractivity contribution in [2.75, 3.05) is 0 Å². The van der Waals surface area contributed by atoms with Crippen LogP contribution in [0.25, 0.3) is 0 Å². The first kappa shape index (κ1) is 26.4. The molecule has 0 aliphatic heterocycles. The van der Waals surface area contributed by atoms with Gasteiger partial charge in [-0.3, -0.25) is 0 Å². The fourth-order valence-electron chi connectivity index (χ4n) is 3.94. The SMILES string of the molecule is Cc1cc(C(C)(C)c2ccc(OS(=O)(=O)c3ccccc3)c(C)c2)ccc1OS(=O)(=O)c1ccccc1. The van der Waals surface area contributed by atoms with Crippen molar-refractivity contribution in [2.24, 2.45) is 0 Å². The van der Waals surface area contributed by atoms with Gasteiger partial charge in [-0.15, -0.1) is 0 Å². The molecule has 0 atom stereocenters. The summed E-state index contributed by atoms with van der Waals surface area (Å²) in [6.45, 7) is 7.68. The normalized spacial score (nSPS) is 12.2. The minimum absolute atomic E-state index is 0.0888. The molecule has 8 heteroatoms. The van der Waals surface area contributed by atoms with Gasteiger partial charge in [0, 0.05) is 5.41 Å². The second-order valence-electron chi connectivity index (χ2n) is 9.29. The molecular weight excluding hydrogens is 508 g/mol. The van der Waals surface area contributed by atoms with Gasteiger partial charge in [-0.25, -0.2) is 0 Å². The predicted molar refractivity (Wildman–Crippen MR) is 143 cm³/mol. The van der Waals surface area contributed by atoms with Crippen LogP contribution in [0.4, 0.5) is 0 Å². The van der Waals surface area contributed by atoms with Crippen molar-refractivity contribution >= 4 is 20.2 Å². The van der Waals surface area contributed by atoms with Crippen LogP contribution in [0.15, 0.2) is 107 Å². The number of benzene rings is 4. The lowest BCUT2D eigenvalue weighted by Crippen LogP contribution is -2.20. The fourth-order valence-corrected chi connectivity index (χ4v) is 5.96. The van der Waals surface area contributed by atoms with E-state index in [0.717, 1.165) is 11.1 Å². The van der Waals surface area contributed by atoms with Gasteiger partial charge in [0.15, 0.2) is 0 Å². The second-order valence-corrected chi connectivity index (χ2v) is 12.4. The van der Waals surface area contributed by atoms with Gasteiger partial charge in [-0.05, 0) is 72.5 Å². The molecule has 4 aromatic carbocycles. The van der Waals surface area contributed by atoms with Crippen molar-refractivity contribution in [3.8, 4) is 11.5 Å². The smallest absolute Gasteiger partial charge is 0.339 e. The van der Waals surface area contributed by atoms with Crippen LogP contribution in [0.5, 0.6) is 11.5 Å². The summed E-state index contributed by atoms with van der Waals surface area (Å²) in [6.07, 6.45) is 0. The van der Waals surface area contributed by atoms with E-state index < -0.39 is 25.7 Å². The van der Waals surface area contributed by atoms with Crippen LogP contribution in [-0.4, -0.2) is 16.8 Å². The molecule has 4 aromatic rings. The molecule has 0 radical (unpaired) electrons. The van der Waals surface area contributed by atoms with Crippen LogP contribution >= 0.6 is 0 Å². The molecule has 0 saturated carbocycles. The summed E-state index contributed by atoms with van der Waals surface area (Å²) in [5.41, 5.74) is 2.77. The predicted octanol–water partition coefficient (Wildman–Crippen LogP) is 6.16. The van der Waals surface area contributed by atoms with Gasteiger partial charge in [-0.1, -0.05) is 74.5 Å². The Kier molecular flexibility index (Phi) is 7.17. The Bertz CT molecular complexity index is 1500. The van der Waals surface area contributed by atoms with Crippen molar-refractivity contribution in [3.05, 3.63) is 119 Å². The number of aryl methyl sites for hydroxylation is 2. The molecule has 0 aliphatic rings. The van der Waals surface area contributed by atoms with E-state index in [1.54, 1.807) is 62.4 Å². The third-order valence-corrected chi connectivity index (χ3v) is 8.75. The standard InChI is InChI=1S/C29H28O6S2/c1-21-19-23(15-17-27(21)34-36(30,31)25-11-7-5-8-12-25)29(3,4)24-16-18-28(22(2)20-24)35-37(32,33)26-13-9-6-10-14-26/h5-20H,1-4H3. The van der Waals surface area contributed by atoms with Crippen LogP contribution in [0.1, 0.15) is 36.1 Å². The first-order valence-corrected chi connectivity index (χ1v) is 14.4. The average Bonchev–Trinajstić information content (AvgIpc) is 2.87. The van der Waals surface area contributed by atoms with Crippen LogP contribution in [0, 0.1) is 13.8 Å². The second kappa shape index (κ2) is 10.0. The summed E-state index contributed by atoms with van der Waals surface area (Å²) in [7, 11) is -7.89. The lowest BCUT2D eigenvalue weighted by Gasteiger charge is -2.27. The van der Waals surface area contributed by atoms with E-state index in [1.807, 2.05) is 38.1 Å². The first-order chi connectivity index (χ1) is 17.4. The maximum Gasteiger partial charge on any atom is 0.339 e. The quantitative estimate of drug-likeness (QED) is 0.251. The van der Waals surface area contributed by atoms with Crippen LogP contribution in [0.2, 0.25) is 0 Å². The van der Waals surface area contributed by atoms with Gasteiger partial charge >= 0.3 is 20.2 Å². The van der Waals surface area contributed by atoms with E-state index in [4.69, 9.17) is 8.37 Å². The Hall–Kier alpha value is -3.62. The van der Waals surface area contributed by atoms with E-state index in [0.29, 0.717) is 11.1 Å². The van der Waals surface area contributed by atoms with Gasteiger partial charge in [-0.2, -0.15) is 16.8 Å². The highest BCUT2D eigenvalue weighted by atomic mass is 32.2. The Morgan fingerprint density at radius 2 is 0.892 bits per heavy atom. The van der Waals surface area contributed by atoms with Crippen LogP contribution < -0.4 is 8.37 Å². The van der Waals surface area contributed by atoms with E-state index in [-0.39, 0.29) is 21.3 Å². The maximum atomic E-state index is 12.6. The molecular formula is C29H28O6S2. The molecule has 0 spiro atoms. The molecule has 0 saturated heterocycles. The minimum atomic E-state index is -3.94. The van der Waals surface area contributed by atoms with Crippen molar-refractivity contribution in [1.29, 1.82) is 0 Å².